The molecular formula is C86H94F16O18. The van der Waals surface area contributed by atoms with E-state index in [2.05, 4.69) is 65.5 Å². The highest BCUT2D eigenvalue weighted by molar-refractivity contribution is 5.93. The summed E-state index contributed by atoms with van der Waals surface area (Å²) in [6.45, 7) is 15.8. The van der Waals surface area contributed by atoms with Gasteiger partial charge in [0.2, 0.25) is 0 Å². The lowest BCUT2D eigenvalue weighted by atomic mass is 9.87. The van der Waals surface area contributed by atoms with Gasteiger partial charge in [-0.05, 0) is 218 Å². The van der Waals surface area contributed by atoms with Crippen LogP contribution < -0.4 is 18.9 Å². The first kappa shape index (κ1) is 101. The third-order valence-corrected chi connectivity index (χ3v) is 17.3. The maximum atomic E-state index is 13.9. The van der Waals surface area contributed by atoms with Crippen LogP contribution >= 0.6 is 0 Å². The summed E-state index contributed by atoms with van der Waals surface area (Å²) in [6, 6.07) is 44.1. The molecule has 0 saturated heterocycles. The number of carbonyl (C=O) groups excluding carboxylic acids is 8. The van der Waals surface area contributed by atoms with Gasteiger partial charge < -0.3 is 47.4 Å². The largest absolute Gasteiger partial charge is 0.494 e. The molecule has 0 heterocycles. The van der Waals surface area contributed by atoms with Crippen LogP contribution in [0.2, 0.25) is 0 Å². The molecule has 0 aromatic heterocycles. The Kier molecular flexibility index (Phi) is 40.3. The SMILES string of the molecule is C=C(C)C(=O)OCCCCCCOc1ccc(C(=O)Oc2ccc(-c3ccc(C(=O)OCCCCCC)cc3)cc2)cc1.C=C(C)C(=O)OCCCCCCOc1ccc(C(=O)Oc2ccc(-c3ccc(C)cc3)cc2)cc1.CCOC(=O)C(F)(F)C(F)(F)C(F)(F)C(F)(F)C(F)(F)C(F)(F)C(F)(F)C(F)(F)C(=O)OCCCCCCOC(C)=O. The zero-order valence-corrected chi connectivity index (χ0v) is 66.6. The maximum absolute atomic E-state index is 13.9. The molecule has 0 spiro atoms. The third-order valence-electron chi connectivity index (χ3n) is 17.3. The second-order valence-corrected chi connectivity index (χ2v) is 27.1. The molecule has 0 saturated carbocycles. The lowest BCUT2D eigenvalue weighted by molar-refractivity contribution is -0.449. The molecule has 658 valence electrons. The molecule has 0 amide bonds. The summed E-state index contributed by atoms with van der Waals surface area (Å²) in [5.74, 6) is -73.0. The minimum absolute atomic E-state index is 0.101. The van der Waals surface area contributed by atoms with E-state index in [1.165, 1.54) is 5.56 Å². The lowest BCUT2D eigenvalue weighted by Crippen LogP contribution is -2.75. The quantitative estimate of drug-likeness (QED) is 0.00863. The molecule has 0 unspecified atom stereocenters. The van der Waals surface area contributed by atoms with Crippen molar-refractivity contribution in [3.8, 4) is 45.3 Å². The van der Waals surface area contributed by atoms with Gasteiger partial charge in [0.05, 0.1) is 69.5 Å². The number of halogens is 16. The fourth-order valence-electron chi connectivity index (χ4n) is 10.2. The van der Waals surface area contributed by atoms with Gasteiger partial charge in [0.1, 0.15) is 23.0 Å². The van der Waals surface area contributed by atoms with E-state index < -0.39 is 96.9 Å². The molecule has 0 N–H and O–H groups in total. The van der Waals surface area contributed by atoms with E-state index in [0.717, 1.165) is 106 Å². The van der Waals surface area contributed by atoms with Crippen LogP contribution in [-0.2, 0) is 52.4 Å². The number of alkyl halides is 16. The highest BCUT2D eigenvalue weighted by Gasteiger charge is 2.96. The molecule has 120 heavy (non-hydrogen) atoms. The normalized spacial score (nSPS) is 11.9. The van der Waals surface area contributed by atoms with Crippen LogP contribution in [0.15, 0.2) is 170 Å². The molecule has 6 rings (SSSR count). The van der Waals surface area contributed by atoms with E-state index >= 15 is 0 Å². The van der Waals surface area contributed by atoms with Crippen LogP contribution in [0.3, 0.4) is 0 Å². The molecular weight excluding hydrogens is 1620 g/mol. The fraction of sp³-hybridized carbons (Fsp3) is 0.442. The van der Waals surface area contributed by atoms with Gasteiger partial charge in [0, 0.05) is 18.1 Å². The van der Waals surface area contributed by atoms with E-state index in [9.17, 15) is 109 Å². The molecule has 0 aliphatic carbocycles. The molecule has 0 bridgehead atoms. The van der Waals surface area contributed by atoms with Gasteiger partial charge >= 0.3 is 95.1 Å². The van der Waals surface area contributed by atoms with Gasteiger partial charge in [-0.3, -0.25) is 4.79 Å². The Morgan fingerprint density at radius 3 is 0.892 bits per heavy atom. The van der Waals surface area contributed by atoms with Gasteiger partial charge in [-0.2, -0.15) is 70.2 Å². The Bertz CT molecular complexity index is 4270. The maximum Gasteiger partial charge on any atom is 0.410 e. The molecule has 6 aromatic rings. The van der Waals surface area contributed by atoms with Gasteiger partial charge in [-0.25, -0.2) is 33.6 Å². The third kappa shape index (κ3) is 29.2. The number of aryl methyl sites for hydroxylation is 1. The monoisotopic (exact) mass is 1720 g/mol. The van der Waals surface area contributed by atoms with Crippen molar-refractivity contribution in [3.05, 3.63) is 192 Å². The standard InChI is InChI=1S/C36H42O7.C30H32O5.C20H20F16O6/c1-4-5-6-9-26-42-35(38)30-14-12-28(13-15-30)29-16-22-33(23-17-29)43-36(39)31-18-20-32(21-19-31)40-24-10-7-8-11-25-41-34(37)27(2)3;1-22(2)29(31)34-21-7-5-4-6-20-33-27-16-14-26(15-17-27)30(32)35-28-18-12-25(13-19-28)24-10-8-23(3)9-11-24;1-3-40-11(38)13(21,22)15(25,26)17(29,30)19(33,34)20(35,36)18(31,32)16(27,28)14(23,24)12(39)42-9-7-5-4-6-8-41-10(2)37/h12-23H,2,4-11,24-26H2,1,3H3;8-19H,1,4-7,20-21H2,2-3H3;3-9H2,1-2H3. The summed E-state index contributed by atoms with van der Waals surface area (Å²) in [5.41, 5.74) is 7.52. The first-order valence-corrected chi connectivity index (χ1v) is 38.0. The smallest absolute Gasteiger partial charge is 0.410 e. The van der Waals surface area contributed by atoms with Crippen molar-refractivity contribution in [1.29, 1.82) is 0 Å². The topological polar surface area (TPSA) is 229 Å². The van der Waals surface area contributed by atoms with Crippen molar-refractivity contribution in [1.82, 2.24) is 0 Å². The van der Waals surface area contributed by atoms with Gasteiger partial charge in [0.25, 0.3) is 0 Å². The number of hydrogen-bond acceptors (Lipinski definition) is 18. The average molecular weight is 1720 g/mol. The summed E-state index contributed by atoms with van der Waals surface area (Å²) in [5, 5.41) is 0. The van der Waals surface area contributed by atoms with Crippen LogP contribution in [-0.4, -0.2) is 148 Å². The van der Waals surface area contributed by atoms with Crippen molar-refractivity contribution in [3.63, 3.8) is 0 Å². The van der Waals surface area contributed by atoms with Gasteiger partial charge in [-0.15, -0.1) is 0 Å². The number of ether oxygens (including phenoxy) is 10. The molecule has 6 aromatic carbocycles. The Morgan fingerprint density at radius 1 is 0.292 bits per heavy atom. The first-order valence-electron chi connectivity index (χ1n) is 38.0. The second kappa shape index (κ2) is 47.7. The predicted molar refractivity (Wildman–Crippen MR) is 407 cm³/mol. The van der Waals surface area contributed by atoms with E-state index in [1.54, 1.807) is 98.8 Å². The Hall–Kier alpha value is -11.0. The average Bonchev–Trinajstić information content (AvgIpc) is 0.691. The van der Waals surface area contributed by atoms with Crippen molar-refractivity contribution in [2.75, 3.05) is 52.9 Å². The summed E-state index contributed by atoms with van der Waals surface area (Å²) < 4.78 is 269. The number of esters is 8. The van der Waals surface area contributed by atoms with Crippen molar-refractivity contribution in [2.45, 2.75) is 192 Å². The second-order valence-electron chi connectivity index (χ2n) is 27.1. The molecule has 0 aliphatic heterocycles. The number of unbranched alkanes of at least 4 members (excludes halogenated alkanes) is 12. The summed E-state index contributed by atoms with van der Waals surface area (Å²) in [6.07, 6.45) is 11.1. The molecule has 0 aliphatic rings. The predicted octanol–water partition coefficient (Wildman–Crippen LogP) is 21.6. The minimum atomic E-state index is -8.76. The molecule has 0 atom stereocenters. The van der Waals surface area contributed by atoms with Crippen LogP contribution in [0.25, 0.3) is 22.3 Å². The van der Waals surface area contributed by atoms with E-state index in [1.807, 2.05) is 36.4 Å². The molecule has 34 heteroatoms. The minimum Gasteiger partial charge on any atom is -0.494 e. The van der Waals surface area contributed by atoms with Crippen molar-refractivity contribution in [2.24, 2.45) is 0 Å². The molecule has 0 fully saturated rings. The van der Waals surface area contributed by atoms with Crippen LogP contribution in [0.4, 0.5) is 70.2 Å². The molecule has 0 radical (unpaired) electrons. The Morgan fingerprint density at radius 2 is 0.558 bits per heavy atom. The highest BCUT2D eigenvalue weighted by atomic mass is 19.4. The zero-order chi connectivity index (χ0) is 89.7. The number of rotatable bonds is 47. The summed E-state index contributed by atoms with van der Waals surface area (Å²) in [4.78, 5) is 92.6. The highest BCUT2D eigenvalue weighted by Crippen LogP contribution is 2.64. The molecule has 18 nitrogen and oxygen atoms in total. The zero-order valence-electron chi connectivity index (χ0n) is 66.6. The first-order chi connectivity index (χ1) is 56.4. The Balaban J connectivity index is 0.000000380. The van der Waals surface area contributed by atoms with Crippen molar-refractivity contribution < 1.29 is 156 Å². The van der Waals surface area contributed by atoms with E-state index in [-0.39, 0.29) is 43.8 Å². The van der Waals surface area contributed by atoms with E-state index in [4.69, 9.17) is 33.2 Å². The number of benzene rings is 6. The number of hydrogen-bond donors (Lipinski definition) is 0. The lowest BCUT2D eigenvalue weighted by Gasteiger charge is -2.42. The van der Waals surface area contributed by atoms with Gasteiger partial charge in [-0.1, -0.05) is 106 Å². The summed E-state index contributed by atoms with van der Waals surface area (Å²) >= 11 is 0. The van der Waals surface area contributed by atoms with Crippen LogP contribution in [0, 0.1) is 6.92 Å². The fourth-order valence-corrected chi connectivity index (χ4v) is 10.2. The summed E-state index contributed by atoms with van der Waals surface area (Å²) in [7, 11) is 0. The number of carbonyl (C=O) groups is 8. The van der Waals surface area contributed by atoms with Crippen LogP contribution in [0.5, 0.6) is 23.0 Å². The Labute approximate surface area is 683 Å². The van der Waals surface area contributed by atoms with E-state index in [0.29, 0.717) is 90.8 Å². The van der Waals surface area contributed by atoms with Crippen molar-refractivity contribution >= 4 is 47.8 Å². The van der Waals surface area contributed by atoms with Gasteiger partial charge in [0.15, 0.2) is 0 Å². The van der Waals surface area contributed by atoms with Crippen LogP contribution in [0.1, 0.15) is 174 Å².